The van der Waals surface area contributed by atoms with Crippen molar-refractivity contribution < 1.29 is 14.6 Å². The number of alkyl halides is 1. The van der Waals surface area contributed by atoms with Crippen LogP contribution >= 0.6 is 27.3 Å². The van der Waals surface area contributed by atoms with E-state index in [1.807, 2.05) is 0 Å². The van der Waals surface area contributed by atoms with Gasteiger partial charge in [0.05, 0.1) is 12.3 Å². The number of hydrogen-bond acceptors (Lipinski definition) is 5. The third kappa shape index (κ3) is 3.73. The van der Waals surface area contributed by atoms with Crippen molar-refractivity contribution in [1.29, 1.82) is 0 Å². The van der Waals surface area contributed by atoms with E-state index < -0.39 is 6.10 Å². The maximum absolute atomic E-state index is 11.5. The molecule has 1 atom stereocenters. The second-order valence-corrected chi connectivity index (χ2v) is 4.95. The number of carbonyl (C=O) groups excluding carboxylic acids is 1. The molecule has 16 heavy (non-hydrogen) atoms. The fraction of sp³-hybridized carbons (Fsp3) is 0.556. The molecule has 0 saturated heterocycles. The zero-order valence-electron chi connectivity index (χ0n) is 9.01. The monoisotopic (exact) mass is 308 g/mol. The quantitative estimate of drug-likeness (QED) is 0.824. The Kier molecular flexibility index (Phi) is 5.17. The lowest BCUT2D eigenvalue weighted by atomic mass is 10.4. The molecule has 0 bridgehead atoms. The van der Waals surface area contributed by atoms with Gasteiger partial charge >= 0.3 is 0 Å². The van der Waals surface area contributed by atoms with Crippen LogP contribution in [0.15, 0.2) is 6.20 Å². The first kappa shape index (κ1) is 13.4. The van der Waals surface area contributed by atoms with Crippen LogP contribution in [0.5, 0.6) is 5.19 Å². The Labute approximate surface area is 106 Å². The lowest BCUT2D eigenvalue weighted by Gasteiger charge is -2.07. The van der Waals surface area contributed by atoms with Crippen molar-refractivity contribution >= 4 is 33.2 Å². The van der Waals surface area contributed by atoms with Crippen LogP contribution in [0, 0.1) is 0 Å². The van der Waals surface area contributed by atoms with E-state index >= 15 is 0 Å². The number of aliphatic hydroxyl groups excluding tert-OH is 1. The van der Waals surface area contributed by atoms with E-state index in [1.54, 1.807) is 14.1 Å². The largest absolute Gasteiger partial charge is 0.467 e. The first-order chi connectivity index (χ1) is 7.54. The Morgan fingerprint density at radius 2 is 2.44 bits per heavy atom. The molecule has 1 amide bonds. The topological polar surface area (TPSA) is 62.7 Å². The van der Waals surface area contributed by atoms with Crippen molar-refractivity contribution in [2.45, 2.75) is 6.10 Å². The van der Waals surface area contributed by atoms with Crippen LogP contribution < -0.4 is 4.74 Å². The Morgan fingerprint density at radius 1 is 1.75 bits per heavy atom. The number of aromatic nitrogens is 1. The van der Waals surface area contributed by atoms with Crippen molar-refractivity contribution in [3.8, 4) is 5.19 Å². The maximum Gasteiger partial charge on any atom is 0.273 e. The van der Waals surface area contributed by atoms with E-state index in [9.17, 15) is 9.90 Å². The summed E-state index contributed by atoms with van der Waals surface area (Å²) in [7, 11) is 3.36. The molecular weight excluding hydrogens is 296 g/mol. The van der Waals surface area contributed by atoms with Gasteiger partial charge in [0.15, 0.2) is 0 Å². The van der Waals surface area contributed by atoms with E-state index in [4.69, 9.17) is 4.74 Å². The van der Waals surface area contributed by atoms with E-state index in [-0.39, 0.29) is 12.5 Å². The highest BCUT2D eigenvalue weighted by atomic mass is 79.9. The van der Waals surface area contributed by atoms with Gasteiger partial charge in [-0.05, 0) is 0 Å². The van der Waals surface area contributed by atoms with Crippen LogP contribution in [-0.2, 0) is 0 Å². The number of aliphatic hydroxyl groups is 1. The molecular formula is C9H13BrN2O3S. The van der Waals surface area contributed by atoms with Crippen molar-refractivity contribution in [3.05, 3.63) is 11.1 Å². The van der Waals surface area contributed by atoms with Gasteiger partial charge in [-0.3, -0.25) is 4.79 Å². The molecule has 0 radical (unpaired) electrons. The zero-order chi connectivity index (χ0) is 12.1. The van der Waals surface area contributed by atoms with Crippen molar-refractivity contribution in [2.75, 3.05) is 26.0 Å². The SMILES string of the molecule is CN(C)C(=O)c1cnc(OCC(O)CBr)s1. The average Bonchev–Trinajstić information content (AvgIpc) is 2.73. The van der Waals surface area contributed by atoms with E-state index in [1.165, 1.54) is 22.4 Å². The first-order valence-corrected chi connectivity index (χ1v) is 6.52. The van der Waals surface area contributed by atoms with Crippen molar-refractivity contribution in [3.63, 3.8) is 0 Å². The van der Waals surface area contributed by atoms with Crippen LogP contribution in [0.25, 0.3) is 0 Å². The van der Waals surface area contributed by atoms with Crippen LogP contribution in [0.3, 0.4) is 0 Å². The number of nitrogens with zero attached hydrogens (tertiary/aromatic N) is 2. The molecule has 0 aliphatic carbocycles. The van der Waals surface area contributed by atoms with Gasteiger partial charge in [-0.15, -0.1) is 0 Å². The fourth-order valence-electron chi connectivity index (χ4n) is 0.856. The van der Waals surface area contributed by atoms with Crippen LogP contribution in [0.2, 0.25) is 0 Å². The lowest BCUT2D eigenvalue weighted by Crippen LogP contribution is -2.20. The second-order valence-electron chi connectivity index (χ2n) is 3.31. The molecule has 1 aromatic heterocycles. The molecule has 0 aromatic carbocycles. The summed E-state index contributed by atoms with van der Waals surface area (Å²) in [6, 6.07) is 0. The summed E-state index contributed by atoms with van der Waals surface area (Å²) in [4.78, 5) is 17.5. The highest BCUT2D eigenvalue weighted by molar-refractivity contribution is 9.09. The van der Waals surface area contributed by atoms with Gasteiger partial charge in [0.2, 0.25) is 0 Å². The summed E-state index contributed by atoms with van der Waals surface area (Å²) in [5.74, 6) is -0.103. The fourth-order valence-corrected chi connectivity index (χ4v) is 1.84. The van der Waals surface area contributed by atoms with Crippen LogP contribution in [0.1, 0.15) is 9.67 Å². The zero-order valence-corrected chi connectivity index (χ0v) is 11.4. The average molecular weight is 309 g/mol. The van der Waals surface area contributed by atoms with Gasteiger partial charge in [-0.1, -0.05) is 27.3 Å². The molecule has 0 spiro atoms. The molecule has 0 aliphatic heterocycles. The Bertz CT molecular complexity index is 356. The molecule has 5 nitrogen and oxygen atoms in total. The van der Waals surface area contributed by atoms with E-state index in [0.29, 0.717) is 15.4 Å². The Hall–Kier alpha value is -0.660. The number of ether oxygens (including phenoxy) is 1. The Balaban J connectivity index is 2.55. The van der Waals surface area contributed by atoms with E-state index in [0.717, 1.165) is 0 Å². The molecule has 90 valence electrons. The third-order valence-electron chi connectivity index (χ3n) is 1.68. The van der Waals surface area contributed by atoms with Crippen molar-refractivity contribution in [1.82, 2.24) is 9.88 Å². The number of halogens is 1. The van der Waals surface area contributed by atoms with E-state index in [2.05, 4.69) is 20.9 Å². The molecule has 0 saturated carbocycles. The number of carbonyl (C=O) groups is 1. The third-order valence-corrected chi connectivity index (χ3v) is 3.32. The predicted molar refractivity (Wildman–Crippen MR) is 65.4 cm³/mol. The molecule has 0 fully saturated rings. The minimum Gasteiger partial charge on any atom is -0.467 e. The smallest absolute Gasteiger partial charge is 0.273 e. The molecule has 1 heterocycles. The molecule has 1 rings (SSSR count). The summed E-state index contributed by atoms with van der Waals surface area (Å²) >= 11 is 4.30. The summed E-state index contributed by atoms with van der Waals surface area (Å²) in [5, 5.41) is 10.1. The standard InChI is InChI=1S/C9H13BrN2O3S/c1-12(2)8(14)7-4-11-9(16-7)15-5-6(13)3-10/h4,6,13H,3,5H2,1-2H3. The minimum atomic E-state index is -0.572. The second kappa shape index (κ2) is 6.17. The lowest BCUT2D eigenvalue weighted by molar-refractivity contribution is 0.0832. The number of thiazole rings is 1. The van der Waals surface area contributed by atoms with Crippen molar-refractivity contribution in [2.24, 2.45) is 0 Å². The first-order valence-electron chi connectivity index (χ1n) is 4.59. The highest BCUT2D eigenvalue weighted by Crippen LogP contribution is 2.21. The molecule has 1 unspecified atom stereocenters. The number of rotatable bonds is 5. The normalized spacial score (nSPS) is 12.2. The minimum absolute atomic E-state index is 0.103. The van der Waals surface area contributed by atoms with Gasteiger partial charge < -0.3 is 14.7 Å². The van der Waals surface area contributed by atoms with Gasteiger partial charge in [0.1, 0.15) is 11.5 Å². The van der Waals surface area contributed by atoms with Crippen LogP contribution in [-0.4, -0.2) is 53.0 Å². The molecule has 0 aliphatic rings. The Morgan fingerprint density at radius 3 is 3.00 bits per heavy atom. The number of hydrogen-bond donors (Lipinski definition) is 1. The molecule has 7 heteroatoms. The molecule has 1 aromatic rings. The van der Waals surface area contributed by atoms with Gasteiger partial charge in [-0.25, -0.2) is 4.98 Å². The summed E-state index contributed by atoms with van der Waals surface area (Å²) in [6.07, 6.45) is 0.903. The van der Waals surface area contributed by atoms with Gasteiger partial charge in [0.25, 0.3) is 11.1 Å². The highest BCUT2D eigenvalue weighted by Gasteiger charge is 2.13. The number of amides is 1. The van der Waals surface area contributed by atoms with Crippen LogP contribution in [0.4, 0.5) is 0 Å². The molecule has 1 N–H and O–H groups in total. The maximum atomic E-state index is 11.5. The van der Waals surface area contributed by atoms with Gasteiger partial charge in [-0.2, -0.15) is 0 Å². The van der Waals surface area contributed by atoms with Gasteiger partial charge in [0, 0.05) is 19.4 Å². The summed E-state index contributed by atoms with van der Waals surface area (Å²) in [5.41, 5.74) is 0. The summed E-state index contributed by atoms with van der Waals surface area (Å²) in [6.45, 7) is 0.161. The summed E-state index contributed by atoms with van der Waals surface area (Å²) < 4.78 is 5.23. The predicted octanol–water partition coefficient (Wildman–Crippen LogP) is 0.979.